The van der Waals surface area contributed by atoms with E-state index in [0.29, 0.717) is 17.0 Å². The highest BCUT2D eigenvalue weighted by atomic mass is 35.5. The van der Waals surface area contributed by atoms with Gasteiger partial charge in [-0.1, -0.05) is 23.7 Å². The molecule has 0 fully saturated rings. The van der Waals surface area contributed by atoms with E-state index in [4.69, 9.17) is 11.6 Å². The lowest BCUT2D eigenvalue weighted by Gasteiger charge is -2.05. The second kappa shape index (κ2) is 4.79. The minimum atomic E-state index is 0.0470. The van der Waals surface area contributed by atoms with Crippen molar-refractivity contribution in [1.82, 2.24) is 9.38 Å². The number of rotatable bonds is 3. The molecule has 2 aromatic heterocycles. The first kappa shape index (κ1) is 12.4. The highest BCUT2D eigenvalue weighted by Crippen LogP contribution is 2.20. The predicted molar refractivity (Wildman–Crippen MR) is 77.3 cm³/mol. The fourth-order valence-electron chi connectivity index (χ4n) is 2.03. The lowest BCUT2D eigenvalue weighted by Crippen LogP contribution is -2.06. The SMILES string of the molecule is Cc1c(Cl)cccc1C(=O)Cc1cn2ccsc2n1. The van der Waals surface area contributed by atoms with Crippen molar-refractivity contribution in [2.24, 2.45) is 0 Å². The van der Waals surface area contributed by atoms with Gasteiger partial charge in [0.05, 0.1) is 12.1 Å². The van der Waals surface area contributed by atoms with Gasteiger partial charge >= 0.3 is 0 Å². The zero-order valence-electron chi connectivity index (χ0n) is 10.3. The number of carbonyl (C=O) groups excluding carboxylic acids is 1. The molecule has 0 aliphatic carbocycles. The summed E-state index contributed by atoms with van der Waals surface area (Å²) >= 11 is 7.59. The van der Waals surface area contributed by atoms with Crippen molar-refractivity contribution >= 4 is 33.7 Å². The Kier molecular flexibility index (Phi) is 3.12. The Balaban J connectivity index is 1.88. The van der Waals surface area contributed by atoms with Gasteiger partial charge < -0.3 is 0 Å². The third kappa shape index (κ3) is 2.29. The van der Waals surface area contributed by atoms with Crippen molar-refractivity contribution < 1.29 is 4.79 Å². The van der Waals surface area contributed by atoms with Crippen molar-refractivity contribution in [3.63, 3.8) is 0 Å². The average molecular weight is 291 g/mol. The van der Waals surface area contributed by atoms with Crippen LogP contribution < -0.4 is 0 Å². The summed E-state index contributed by atoms with van der Waals surface area (Å²) in [6, 6.07) is 5.40. The van der Waals surface area contributed by atoms with Gasteiger partial charge in [-0.15, -0.1) is 11.3 Å². The van der Waals surface area contributed by atoms with E-state index >= 15 is 0 Å². The minimum Gasteiger partial charge on any atom is -0.297 e. The molecule has 0 radical (unpaired) electrons. The Hall–Kier alpha value is -1.65. The summed E-state index contributed by atoms with van der Waals surface area (Å²) in [5.41, 5.74) is 2.29. The predicted octanol–water partition coefficient (Wildman–Crippen LogP) is 3.78. The molecular weight excluding hydrogens is 280 g/mol. The molecule has 1 aromatic carbocycles. The Morgan fingerprint density at radius 1 is 1.47 bits per heavy atom. The molecule has 3 rings (SSSR count). The lowest BCUT2D eigenvalue weighted by molar-refractivity contribution is 0.0991. The topological polar surface area (TPSA) is 34.4 Å². The number of hydrogen-bond acceptors (Lipinski definition) is 3. The molecule has 0 spiro atoms. The third-order valence-corrected chi connectivity index (χ3v) is 4.23. The van der Waals surface area contributed by atoms with Crippen LogP contribution in [0.3, 0.4) is 0 Å². The molecule has 0 saturated heterocycles. The molecule has 0 atom stereocenters. The maximum Gasteiger partial charge on any atom is 0.193 e. The van der Waals surface area contributed by atoms with E-state index in [0.717, 1.165) is 16.2 Å². The Morgan fingerprint density at radius 3 is 3.11 bits per heavy atom. The van der Waals surface area contributed by atoms with E-state index in [1.807, 2.05) is 35.2 Å². The van der Waals surface area contributed by atoms with Crippen LogP contribution >= 0.6 is 22.9 Å². The Morgan fingerprint density at radius 2 is 2.32 bits per heavy atom. The summed E-state index contributed by atoms with van der Waals surface area (Å²) in [6.07, 6.45) is 4.13. The molecular formula is C14H11ClN2OS. The van der Waals surface area contributed by atoms with Crippen molar-refractivity contribution in [1.29, 1.82) is 0 Å². The molecule has 96 valence electrons. The van der Waals surface area contributed by atoms with Gasteiger partial charge in [0.25, 0.3) is 0 Å². The molecule has 0 saturated carbocycles. The number of benzene rings is 1. The number of aromatic nitrogens is 2. The van der Waals surface area contributed by atoms with Gasteiger partial charge in [0, 0.05) is 28.4 Å². The number of Topliss-reactive ketones (excluding diaryl/α,β-unsaturated/α-hetero) is 1. The molecule has 19 heavy (non-hydrogen) atoms. The second-order valence-electron chi connectivity index (χ2n) is 4.34. The molecule has 2 heterocycles. The fourth-order valence-corrected chi connectivity index (χ4v) is 2.92. The van der Waals surface area contributed by atoms with Crippen LogP contribution in [0.1, 0.15) is 21.6 Å². The van der Waals surface area contributed by atoms with Gasteiger partial charge in [0.15, 0.2) is 10.7 Å². The van der Waals surface area contributed by atoms with Gasteiger partial charge in [-0.05, 0) is 18.6 Å². The highest BCUT2D eigenvalue weighted by molar-refractivity contribution is 7.15. The normalized spacial score (nSPS) is 11.1. The van der Waals surface area contributed by atoms with E-state index in [-0.39, 0.29) is 5.78 Å². The van der Waals surface area contributed by atoms with Crippen LogP contribution in [0.2, 0.25) is 5.02 Å². The molecule has 0 N–H and O–H groups in total. The number of thiazole rings is 1. The van der Waals surface area contributed by atoms with Gasteiger partial charge in [0.2, 0.25) is 0 Å². The monoisotopic (exact) mass is 290 g/mol. The summed E-state index contributed by atoms with van der Waals surface area (Å²) < 4.78 is 1.93. The van der Waals surface area contributed by atoms with Crippen LogP contribution in [0.15, 0.2) is 36.0 Å². The molecule has 3 nitrogen and oxygen atoms in total. The van der Waals surface area contributed by atoms with Crippen LogP contribution in [-0.4, -0.2) is 15.2 Å². The fraction of sp³-hybridized carbons (Fsp3) is 0.143. The van der Waals surface area contributed by atoms with Crippen molar-refractivity contribution in [3.8, 4) is 0 Å². The summed E-state index contributed by atoms with van der Waals surface area (Å²) in [6.45, 7) is 1.86. The van der Waals surface area contributed by atoms with Crippen molar-refractivity contribution in [2.45, 2.75) is 13.3 Å². The number of fused-ring (bicyclic) bond motifs is 1. The number of carbonyl (C=O) groups is 1. The number of ketones is 1. The van der Waals surface area contributed by atoms with E-state index in [2.05, 4.69) is 4.98 Å². The zero-order chi connectivity index (χ0) is 13.4. The van der Waals surface area contributed by atoms with Crippen molar-refractivity contribution in [3.05, 3.63) is 57.8 Å². The Bertz CT molecular complexity index is 731. The summed E-state index contributed by atoms with van der Waals surface area (Å²) in [5, 5.41) is 2.59. The molecule has 0 aliphatic rings. The summed E-state index contributed by atoms with van der Waals surface area (Å²) in [5.74, 6) is 0.0470. The number of halogens is 1. The third-order valence-electron chi connectivity index (χ3n) is 3.05. The van der Waals surface area contributed by atoms with E-state index < -0.39 is 0 Å². The Labute approximate surface area is 119 Å². The average Bonchev–Trinajstić information content (AvgIpc) is 2.93. The summed E-state index contributed by atoms with van der Waals surface area (Å²) in [4.78, 5) is 17.6. The number of nitrogens with zero attached hydrogens (tertiary/aromatic N) is 2. The van der Waals surface area contributed by atoms with Crippen molar-refractivity contribution in [2.75, 3.05) is 0 Å². The largest absolute Gasteiger partial charge is 0.297 e. The van der Waals surface area contributed by atoms with E-state index in [1.54, 1.807) is 23.5 Å². The van der Waals surface area contributed by atoms with E-state index in [1.165, 1.54) is 0 Å². The molecule has 3 aromatic rings. The molecule has 0 bridgehead atoms. The minimum absolute atomic E-state index is 0.0470. The number of hydrogen-bond donors (Lipinski definition) is 0. The van der Waals surface area contributed by atoms with E-state index in [9.17, 15) is 4.79 Å². The smallest absolute Gasteiger partial charge is 0.193 e. The van der Waals surface area contributed by atoms with Crippen LogP contribution in [0, 0.1) is 6.92 Å². The van der Waals surface area contributed by atoms with Gasteiger partial charge in [-0.25, -0.2) is 4.98 Å². The molecule has 0 unspecified atom stereocenters. The van der Waals surface area contributed by atoms with Crippen LogP contribution in [0.25, 0.3) is 4.96 Å². The second-order valence-corrected chi connectivity index (χ2v) is 5.62. The molecule has 0 amide bonds. The maximum absolute atomic E-state index is 12.3. The maximum atomic E-state index is 12.3. The summed E-state index contributed by atoms with van der Waals surface area (Å²) in [7, 11) is 0. The first-order chi connectivity index (χ1) is 9.15. The number of imidazole rings is 1. The van der Waals surface area contributed by atoms with Gasteiger partial charge in [0.1, 0.15) is 0 Å². The van der Waals surface area contributed by atoms with Crippen LogP contribution in [-0.2, 0) is 6.42 Å². The zero-order valence-corrected chi connectivity index (χ0v) is 11.8. The van der Waals surface area contributed by atoms with Gasteiger partial charge in [-0.3, -0.25) is 9.20 Å². The standard InChI is InChI=1S/C14H11ClN2OS/c1-9-11(3-2-4-12(9)15)13(18)7-10-8-17-5-6-19-14(17)16-10/h2-6,8H,7H2,1H3. The first-order valence-corrected chi connectivity index (χ1v) is 7.10. The van der Waals surface area contributed by atoms with Crippen LogP contribution in [0.4, 0.5) is 0 Å². The highest BCUT2D eigenvalue weighted by Gasteiger charge is 2.13. The quantitative estimate of drug-likeness (QED) is 0.688. The molecule has 0 aliphatic heterocycles. The van der Waals surface area contributed by atoms with Gasteiger partial charge in [-0.2, -0.15) is 0 Å². The van der Waals surface area contributed by atoms with Crippen LogP contribution in [0.5, 0.6) is 0 Å². The molecule has 5 heteroatoms. The first-order valence-electron chi connectivity index (χ1n) is 5.84. The lowest BCUT2D eigenvalue weighted by atomic mass is 10.0.